The average molecular weight is 910 g/mol. The van der Waals surface area contributed by atoms with Gasteiger partial charge in [0.15, 0.2) is 0 Å². The second-order valence-corrected chi connectivity index (χ2v) is 16.3. The number of aromatic amines is 1. The fourth-order valence-corrected chi connectivity index (χ4v) is 8.57. The molecule has 6 atom stereocenters. The lowest BCUT2D eigenvalue weighted by Gasteiger charge is -2.37. The first-order valence-electron chi connectivity index (χ1n) is 20.5. The first kappa shape index (κ1) is 46.1. The van der Waals surface area contributed by atoms with E-state index >= 15 is 0 Å². The van der Waals surface area contributed by atoms with E-state index in [1.807, 2.05) is 78.9 Å². The van der Waals surface area contributed by atoms with Crippen molar-refractivity contribution in [2.75, 3.05) is 38.5 Å². The Kier molecular flexibility index (Phi) is 14.7. The van der Waals surface area contributed by atoms with E-state index in [0.29, 0.717) is 23.1 Å². The van der Waals surface area contributed by atoms with Crippen molar-refractivity contribution in [2.45, 2.75) is 67.8 Å². The van der Waals surface area contributed by atoms with E-state index in [4.69, 9.17) is 39.7 Å². The van der Waals surface area contributed by atoms with Crippen molar-refractivity contribution in [2.24, 2.45) is 10.8 Å². The summed E-state index contributed by atoms with van der Waals surface area (Å²) in [6.45, 7) is 1.06. The van der Waals surface area contributed by atoms with Crippen LogP contribution in [0, 0.1) is 6.92 Å². The van der Waals surface area contributed by atoms with Gasteiger partial charge in [-0.15, -0.1) is 11.8 Å². The van der Waals surface area contributed by atoms with Crippen LogP contribution in [0.1, 0.15) is 54.0 Å². The van der Waals surface area contributed by atoms with Gasteiger partial charge in [-0.3, -0.25) is 28.5 Å². The molecule has 21 heteroatoms. The number of anilines is 1. The van der Waals surface area contributed by atoms with Crippen molar-refractivity contribution in [3.63, 3.8) is 0 Å². The van der Waals surface area contributed by atoms with Crippen molar-refractivity contribution in [3.05, 3.63) is 161 Å². The molecular weight excluding hydrogens is 863 g/mol. The third kappa shape index (κ3) is 10.6. The van der Waals surface area contributed by atoms with E-state index in [1.165, 1.54) is 34.0 Å². The lowest BCUT2D eigenvalue weighted by Crippen LogP contribution is -2.39. The van der Waals surface area contributed by atoms with Crippen molar-refractivity contribution >= 4 is 29.5 Å². The zero-order valence-electron chi connectivity index (χ0n) is 35.6. The standard InChI is InChI=1S/C44H47N9O11S/c1-26-22-53(43(58)48-40(26)55)36-21-33(50-51-46)34(63-36)23-61-38(54)18-17-32(45)41(56)62-24-39-64-37(25-65-39)52-20-19-35(47-42(52)57)49-44(27-7-5-4-6-8-27,28-9-13-30(59-2)14-10-28)29-11-15-31(60-3)16-12-29/h4-16,19-20,22,32-34,36-37,39H,17-18,21,23-25,45H2,1-3H3,(H,47,49,57)(H,48,55,58)/t32-,33-,34+,36+,37-,39+/m0/s1. The minimum Gasteiger partial charge on any atom is -0.497 e. The van der Waals surface area contributed by atoms with Gasteiger partial charge in [-0.1, -0.05) is 59.7 Å². The molecule has 2 fully saturated rings. The van der Waals surface area contributed by atoms with Gasteiger partial charge in [-0.25, -0.2) is 9.59 Å². The van der Waals surface area contributed by atoms with Gasteiger partial charge in [-0.05, 0) is 65.9 Å². The quantitative estimate of drug-likeness (QED) is 0.0364. The number of hydrogen-bond donors (Lipinski definition) is 3. The van der Waals surface area contributed by atoms with Crippen LogP contribution in [0.2, 0.25) is 0 Å². The fraction of sp³-hybridized carbons (Fsp3) is 0.364. The Morgan fingerprint density at radius 1 is 0.938 bits per heavy atom. The Labute approximate surface area is 375 Å². The monoisotopic (exact) mass is 909 g/mol. The number of aromatic nitrogens is 4. The second kappa shape index (κ2) is 20.7. The lowest BCUT2D eigenvalue weighted by atomic mass is 9.77. The van der Waals surface area contributed by atoms with Gasteiger partial charge < -0.3 is 39.5 Å². The highest BCUT2D eigenvalue weighted by Crippen LogP contribution is 2.41. The maximum atomic E-state index is 13.7. The number of methoxy groups -OCH3 is 2. The highest BCUT2D eigenvalue weighted by atomic mass is 32.2. The summed E-state index contributed by atoms with van der Waals surface area (Å²) >= 11 is 1.35. The zero-order chi connectivity index (χ0) is 46.1. The molecule has 5 aromatic rings. The Morgan fingerprint density at radius 3 is 2.23 bits per heavy atom. The highest BCUT2D eigenvalue weighted by Gasteiger charge is 2.39. The molecule has 0 amide bonds. The Bertz CT molecular complexity index is 2640. The van der Waals surface area contributed by atoms with E-state index in [0.717, 1.165) is 16.7 Å². The van der Waals surface area contributed by atoms with Gasteiger partial charge in [0.2, 0.25) is 0 Å². The number of benzene rings is 3. The SMILES string of the molecule is COc1ccc(C(Nc2ccn([C@@H]3CS[C@H](COC(=O)[C@@H](N)CCC(=O)OC[C@H]4O[C@@H](n5cc(C)c(=O)[nH]c5=O)C[C@@H]4N=[N+]=[N-])O3)c(=O)n2)(c2ccccc2)c2ccc(OC)cc2)cc1. The first-order chi connectivity index (χ1) is 31.4. The third-order valence-corrected chi connectivity index (χ3v) is 12.1. The number of hydrogen-bond acceptors (Lipinski definition) is 16. The van der Waals surface area contributed by atoms with Crippen LogP contribution in [0.4, 0.5) is 5.82 Å². The number of H-pyrrole nitrogens is 1. The number of thioether (sulfide) groups is 1. The summed E-state index contributed by atoms with van der Waals surface area (Å²) in [7, 11) is 3.21. The van der Waals surface area contributed by atoms with Crippen LogP contribution < -0.4 is 37.5 Å². The first-order valence-corrected chi connectivity index (χ1v) is 21.6. The van der Waals surface area contributed by atoms with Crippen molar-refractivity contribution in [1.82, 2.24) is 19.1 Å². The lowest BCUT2D eigenvalue weighted by molar-refractivity contribution is -0.151. The van der Waals surface area contributed by atoms with Gasteiger partial charge in [-0.2, -0.15) is 4.98 Å². The van der Waals surface area contributed by atoms with Crippen LogP contribution in [0.3, 0.4) is 0 Å². The molecule has 0 unspecified atom stereocenters. The second-order valence-electron chi connectivity index (χ2n) is 15.1. The molecular formula is C44H47N9O11S. The van der Waals surface area contributed by atoms with E-state index in [1.54, 1.807) is 26.5 Å². The summed E-state index contributed by atoms with van der Waals surface area (Å²) in [5, 5.41) is 7.30. The molecule has 340 valence electrons. The molecule has 7 rings (SSSR count). The number of ether oxygens (including phenoxy) is 6. The van der Waals surface area contributed by atoms with Gasteiger partial charge in [0.25, 0.3) is 5.56 Å². The van der Waals surface area contributed by atoms with Crippen LogP contribution in [0.25, 0.3) is 10.4 Å². The number of nitrogens with one attached hydrogen (secondary N) is 2. The molecule has 0 aliphatic carbocycles. The molecule has 0 radical (unpaired) electrons. The van der Waals surface area contributed by atoms with E-state index in [9.17, 15) is 24.0 Å². The molecule has 2 saturated heterocycles. The zero-order valence-corrected chi connectivity index (χ0v) is 36.4. The Morgan fingerprint density at radius 2 is 1.60 bits per heavy atom. The normalized spacial score (nSPS) is 19.7. The summed E-state index contributed by atoms with van der Waals surface area (Å²) in [6, 6.07) is 24.9. The number of rotatable bonds is 18. The number of nitrogens with zero attached hydrogens (tertiary/aromatic N) is 6. The molecule has 0 saturated carbocycles. The topological polar surface area (TPSA) is 266 Å². The minimum atomic E-state index is -1.16. The molecule has 2 aliphatic heterocycles. The molecule has 0 spiro atoms. The molecule has 3 aromatic carbocycles. The molecule has 65 heavy (non-hydrogen) atoms. The Balaban J connectivity index is 0.931. The number of nitrogens with two attached hydrogens (primary N) is 1. The van der Waals surface area contributed by atoms with Crippen molar-refractivity contribution in [3.8, 4) is 11.5 Å². The van der Waals surface area contributed by atoms with E-state index < -0.39 is 70.5 Å². The number of esters is 2. The number of aryl methyl sites for hydroxylation is 1. The van der Waals surface area contributed by atoms with Crippen LogP contribution in [-0.2, 0) is 34.1 Å². The van der Waals surface area contributed by atoms with Crippen molar-refractivity contribution in [1.29, 1.82) is 0 Å². The van der Waals surface area contributed by atoms with Gasteiger partial charge in [0, 0.05) is 41.5 Å². The predicted molar refractivity (Wildman–Crippen MR) is 237 cm³/mol. The van der Waals surface area contributed by atoms with Crippen molar-refractivity contribution < 1.29 is 38.0 Å². The molecule has 2 aromatic heterocycles. The molecule has 4 N–H and O–H groups in total. The molecule has 2 aliphatic rings. The summed E-state index contributed by atoms with van der Waals surface area (Å²) in [6.07, 6.45) is 0.261. The minimum absolute atomic E-state index is 0.0944. The van der Waals surface area contributed by atoms with Gasteiger partial charge >= 0.3 is 23.3 Å². The third-order valence-electron chi connectivity index (χ3n) is 11.0. The predicted octanol–water partition coefficient (Wildman–Crippen LogP) is 4.27. The number of carbonyl (C=O) groups excluding carboxylic acids is 2. The average Bonchev–Trinajstić information content (AvgIpc) is 3.97. The molecule has 20 nitrogen and oxygen atoms in total. The summed E-state index contributed by atoms with van der Waals surface area (Å²) in [4.78, 5) is 72.7. The molecule has 4 heterocycles. The van der Waals surface area contributed by atoms with Crippen LogP contribution >= 0.6 is 11.8 Å². The van der Waals surface area contributed by atoms with Crippen LogP contribution in [0.15, 0.2) is 117 Å². The van der Waals surface area contributed by atoms with Crippen LogP contribution in [0.5, 0.6) is 11.5 Å². The number of carbonyl (C=O) groups is 2. The van der Waals surface area contributed by atoms with Gasteiger partial charge in [0.05, 0.1) is 20.3 Å². The highest BCUT2D eigenvalue weighted by molar-refractivity contribution is 8.00. The molecule has 0 bridgehead atoms. The Hall–Kier alpha value is -6.90. The summed E-state index contributed by atoms with van der Waals surface area (Å²) in [5.41, 5.74) is 14.6. The van der Waals surface area contributed by atoms with Crippen LogP contribution in [-0.4, -0.2) is 87.9 Å². The van der Waals surface area contributed by atoms with E-state index in [-0.39, 0.29) is 38.0 Å². The van der Waals surface area contributed by atoms with E-state index in [2.05, 4.69) is 25.3 Å². The summed E-state index contributed by atoms with van der Waals surface area (Å²) in [5.74, 6) is 0.590. The summed E-state index contributed by atoms with van der Waals surface area (Å²) < 4.78 is 36.1. The number of azide groups is 1. The smallest absolute Gasteiger partial charge is 0.351 e. The van der Waals surface area contributed by atoms with Gasteiger partial charge in [0.1, 0.15) is 66.1 Å². The largest absolute Gasteiger partial charge is 0.497 e. The fourth-order valence-electron chi connectivity index (χ4n) is 7.58. The maximum absolute atomic E-state index is 13.7. The maximum Gasteiger partial charge on any atom is 0.351 e.